The third-order valence-electron chi connectivity index (χ3n) is 4.68. The Kier molecular flexibility index (Phi) is 6.43. The molecule has 158 valence electrons. The van der Waals surface area contributed by atoms with Gasteiger partial charge in [-0.2, -0.15) is 10.2 Å². The van der Waals surface area contributed by atoms with E-state index in [2.05, 4.69) is 55.8 Å². The molecule has 0 fully saturated rings. The highest BCUT2D eigenvalue weighted by Crippen LogP contribution is 2.21. The van der Waals surface area contributed by atoms with E-state index in [4.69, 9.17) is 12.2 Å². The zero-order valence-corrected chi connectivity index (χ0v) is 19.1. The highest BCUT2D eigenvalue weighted by molar-refractivity contribution is 9.10. The standard InChI is InChI=1S/C22H20BrFN6S/c1-15-4-2-3-5-17(15)13-29-11-10-20(27-29)25-22(31)26-21-19(23)14-30(28-21)12-16-6-8-18(24)9-7-16/h2-11,14H,12-13H2,1H3,(H2,25,26,27,28,31). The smallest absolute Gasteiger partial charge is 0.177 e. The number of hydrogen-bond donors (Lipinski definition) is 2. The molecule has 0 saturated carbocycles. The maximum absolute atomic E-state index is 13.1. The lowest BCUT2D eigenvalue weighted by Crippen LogP contribution is -2.20. The SMILES string of the molecule is Cc1ccccc1Cn1ccc(NC(=S)Nc2nn(Cc3ccc(F)cc3)cc2Br)n1. The van der Waals surface area contributed by atoms with Crippen LogP contribution in [-0.4, -0.2) is 24.7 Å². The summed E-state index contributed by atoms with van der Waals surface area (Å²) in [6.07, 6.45) is 3.75. The zero-order valence-electron chi connectivity index (χ0n) is 16.7. The van der Waals surface area contributed by atoms with Gasteiger partial charge in [-0.05, 0) is 63.9 Å². The second-order valence-electron chi connectivity index (χ2n) is 7.05. The van der Waals surface area contributed by atoms with Gasteiger partial charge >= 0.3 is 0 Å². The van der Waals surface area contributed by atoms with E-state index in [1.54, 1.807) is 16.8 Å². The molecule has 0 aliphatic carbocycles. The van der Waals surface area contributed by atoms with Gasteiger partial charge in [-0.15, -0.1) is 0 Å². The highest BCUT2D eigenvalue weighted by Gasteiger charge is 2.10. The van der Waals surface area contributed by atoms with Crippen LogP contribution in [0.5, 0.6) is 0 Å². The molecule has 0 amide bonds. The minimum Gasteiger partial charge on any atom is -0.316 e. The van der Waals surface area contributed by atoms with E-state index in [0.29, 0.717) is 29.8 Å². The Morgan fingerprint density at radius 3 is 2.55 bits per heavy atom. The van der Waals surface area contributed by atoms with Crippen LogP contribution in [0.3, 0.4) is 0 Å². The molecule has 4 rings (SSSR count). The first-order chi connectivity index (χ1) is 15.0. The van der Waals surface area contributed by atoms with Crippen LogP contribution in [0.15, 0.2) is 71.5 Å². The van der Waals surface area contributed by atoms with Crippen molar-refractivity contribution in [3.63, 3.8) is 0 Å². The van der Waals surface area contributed by atoms with Crippen LogP contribution in [0.25, 0.3) is 0 Å². The minimum absolute atomic E-state index is 0.259. The van der Waals surface area contributed by atoms with Crippen LogP contribution in [0.2, 0.25) is 0 Å². The molecule has 0 radical (unpaired) electrons. The van der Waals surface area contributed by atoms with E-state index in [0.717, 1.165) is 10.0 Å². The molecule has 31 heavy (non-hydrogen) atoms. The van der Waals surface area contributed by atoms with Crippen molar-refractivity contribution in [1.82, 2.24) is 19.6 Å². The summed E-state index contributed by atoms with van der Waals surface area (Å²) in [7, 11) is 0. The second-order valence-corrected chi connectivity index (χ2v) is 8.32. The molecule has 2 heterocycles. The molecule has 2 N–H and O–H groups in total. The largest absolute Gasteiger partial charge is 0.316 e. The monoisotopic (exact) mass is 498 g/mol. The number of nitrogens with one attached hydrogen (secondary N) is 2. The molecule has 2 aromatic heterocycles. The fourth-order valence-electron chi connectivity index (χ4n) is 3.07. The average Bonchev–Trinajstić information content (AvgIpc) is 3.31. The van der Waals surface area contributed by atoms with E-state index in [-0.39, 0.29) is 5.82 Å². The summed E-state index contributed by atoms with van der Waals surface area (Å²) in [6, 6.07) is 16.4. The van der Waals surface area contributed by atoms with Crippen molar-refractivity contribution in [3.8, 4) is 0 Å². The molecule has 0 aliphatic heterocycles. The Balaban J connectivity index is 1.36. The lowest BCUT2D eigenvalue weighted by atomic mass is 10.1. The predicted molar refractivity (Wildman–Crippen MR) is 128 cm³/mol. The Hall–Kier alpha value is -3.04. The number of nitrogens with zero attached hydrogens (tertiary/aromatic N) is 4. The summed E-state index contributed by atoms with van der Waals surface area (Å²) in [5.74, 6) is 0.970. The summed E-state index contributed by atoms with van der Waals surface area (Å²) in [5, 5.41) is 15.6. The molecule has 0 aliphatic rings. The van der Waals surface area contributed by atoms with Crippen LogP contribution in [0.4, 0.5) is 16.0 Å². The number of hydrogen-bond acceptors (Lipinski definition) is 3. The number of benzene rings is 2. The van der Waals surface area contributed by atoms with Gasteiger partial charge < -0.3 is 10.6 Å². The highest BCUT2D eigenvalue weighted by atomic mass is 79.9. The Morgan fingerprint density at radius 1 is 1.00 bits per heavy atom. The topological polar surface area (TPSA) is 59.7 Å². The van der Waals surface area contributed by atoms with E-state index in [9.17, 15) is 4.39 Å². The average molecular weight is 499 g/mol. The molecule has 0 atom stereocenters. The minimum atomic E-state index is -0.259. The van der Waals surface area contributed by atoms with Gasteiger partial charge in [0.25, 0.3) is 0 Å². The Morgan fingerprint density at radius 2 is 1.77 bits per heavy atom. The maximum atomic E-state index is 13.1. The van der Waals surface area contributed by atoms with Crippen LogP contribution < -0.4 is 10.6 Å². The van der Waals surface area contributed by atoms with Gasteiger partial charge in [-0.1, -0.05) is 36.4 Å². The molecular formula is C22H20BrFN6S. The first kappa shape index (κ1) is 21.2. The first-order valence-corrected chi connectivity index (χ1v) is 10.8. The van der Waals surface area contributed by atoms with Crippen molar-refractivity contribution in [3.05, 3.63) is 94.0 Å². The third-order valence-corrected chi connectivity index (χ3v) is 5.47. The molecule has 2 aromatic carbocycles. The van der Waals surface area contributed by atoms with E-state index in [1.807, 2.05) is 35.3 Å². The maximum Gasteiger partial charge on any atom is 0.177 e. The van der Waals surface area contributed by atoms with Crippen molar-refractivity contribution < 1.29 is 4.39 Å². The van der Waals surface area contributed by atoms with Gasteiger partial charge in [0, 0.05) is 18.5 Å². The first-order valence-electron chi connectivity index (χ1n) is 9.59. The van der Waals surface area contributed by atoms with Crippen molar-refractivity contribution in [2.45, 2.75) is 20.0 Å². The molecule has 4 aromatic rings. The number of aryl methyl sites for hydroxylation is 1. The number of halogens is 2. The van der Waals surface area contributed by atoms with Gasteiger partial charge in [0.2, 0.25) is 0 Å². The van der Waals surface area contributed by atoms with Gasteiger partial charge in [-0.25, -0.2) is 4.39 Å². The Labute approximate surface area is 193 Å². The second kappa shape index (κ2) is 9.40. The van der Waals surface area contributed by atoms with Crippen LogP contribution >= 0.6 is 28.1 Å². The number of rotatable bonds is 6. The summed E-state index contributed by atoms with van der Waals surface area (Å²) in [4.78, 5) is 0. The Bertz CT molecular complexity index is 1200. The summed E-state index contributed by atoms with van der Waals surface area (Å²) in [6.45, 7) is 3.29. The fourth-order valence-corrected chi connectivity index (χ4v) is 3.69. The molecule has 0 saturated heterocycles. The van der Waals surface area contributed by atoms with Crippen molar-refractivity contribution >= 4 is 44.9 Å². The number of thiocarbonyl (C=S) groups is 1. The normalized spacial score (nSPS) is 10.8. The molecule has 0 spiro atoms. The summed E-state index contributed by atoms with van der Waals surface area (Å²) < 4.78 is 17.5. The molecular weight excluding hydrogens is 479 g/mol. The summed E-state index contributed by atoms with van der Waals surface area (Å²) in [5.41, 5.74) is 3.39. The third kappa shape index (κ3) is 5.56. The lowest BCUT2D eigenvalue weighted by Gasteiger charge is -2.07. The van der Waals surface area contributed by atoms with Gasteiger partial charge in [0.05, 0.1) is 17.6 Å². The zero-order chi connectivity index (χ0) is 21.8. The number of aromatic nitrogens is 4. The van der Waals surface area contributed by atoms with Gasteiger partial charge in [0.15, 0.2) is 16.7 Å². The molecule has 0 bridgehead atoms. The predicted octanol–water partition coefficient (Wildman–Crippen LogP) is 5.20. The molecule has 9 heteroatoms. The van der Waals surface area contributed by atoms with Gasteiger partial charge in [0.1, 0.15) is 5.82 Å². The lowest BCUT2D eigenvalue weighted by molar-refractivity contribution is 0.624. The van der Waals surface area contributed by atoms with Crippen LogP contribution in [-0.2, 0) is 13.1 Å². The van der Waals surface area contributed by atoms with E-state index >= 15 is 0 Å². The van der Waals surface area contributed by atoms with E-state index in [1.165, 1.54) is 23.3 Å². The van der Waals surface area contributed by atoms with Gasteiger partial charge in [-0.3, -0.25) is 9.36 Å². The van der Waals surface area contributed by atoms with Crippen molar-refractivity contribution in [1.29, 1.82) is 0 Å². The van der Waals surface area contributed by atoms with Crippen LogP contribution in [0.1, 0.15) is 16.7 Å². The molecule has 6 nitrogen and oxygen atoms in total. The van der Waals surface area contributed by atoms with Crippen LogP contribution in [0, 0.1) is 12.7 Å². The van der Waals surface area contributed by atoms with Crippen molar-refractivity contribution in [2.75, 3.05) is 10.6 Å². The number of anilines is 2. The fraction of sp³-hybridized carbons (Fsp3) is 0.136. The van der Waals surface area contributed by atoms with Crippen molar-refractivity contribution in [2.24, 2.45) is 0 Å². The quantitative estimate of drug-likeness (QED) is 0.358. The summed E-state index contributed by atoms with van der Waals surface area (Å²) >= 11 is 8.90. The van der Waals surface area contributed by atoms with E-state index < -0.39 is 0 Å². The molecule has 0 unspecified atom stereocenters.